The highest BCUT2D eigenvalue weighted by atomic mass is 32.1. The summed E-state index contributed by atoms with van der Waals surface area (Å²) in [7, 11) is 4.89. The molecule has 2 aromatic rings. The molecule has 1 aromatic heterocycles. The van der Waals surface area contributed by atoms with Crippen LogP contribution in [-0.4, -0.2) is 72.7 Å². The van der Waals surface area contributed by atoms with Gasteiger partial charge in [-0.3, -0.25) is 9.79 Å². The van der Waals surface area contributed by atoms with Crippen LogP contribution in [0.1, 0.15) is 23.3 Å². The Morgan fingerprint density at radius 3 is 2.57 bits per heavy atom. The van der Waals surface area contributed by atoms with Gasteiger partial charge in [-0.15, -0.1) is 0 Å². The topological polar surface area (TPSA) is 113 Å². The number of nitrogen functional groups attached to an aromatic ring is 1. The highest BCUT2D eigenvalue weighted by Crippen LogP contribution is 2.34. The first kappa shape index (κ1) is 26.4. The molecule has 1 aliphatic heterocycles. The first-order valence-corrected chi connectivity index (χ1v) is 11.5. The molecule has 190 valence electrons. The first-order chi connectivity index (χ1) is 16.5. The summed E-state index contributed by atoms with van der Waals surface area (Å²) >= 11 is 0.737. The van der Waals surface area contributed by atoms with Crippen molar-refractivity contribution in [2.24, 2.45) is 10.7 Å². The largest absolute Gasteiger partial charge is 0.403 e. The number of rotatable bonds is 5. The van der Waals surface area contributed by atoms with Crippen LogP contribution in [0.4, 0.5) is 22.6 Å². The summed E-state index contributed by atoms with van der Waals surface area (Å²) in [5, 5.41) is 2.29. The maximum Gasteiger partial charge on any atom is 0.277 e. The lowest BCUT2D eigenvalue weighted by atomic mass is 10.1. The second kappa shape index (κ2) is 10.6. The van der Waals surface area contributed by atoms with E-state index in [-0.39, 0.29) is 46.2 Å². The van der Waals surface area contributed by atoms with E-state index in [0.29, 0.717) is 6.42 Å². The van der Waals surface area contributed by atoms with Crippen molar-refractivity contribution in [1.82, 2.24) is 20.1 Å². The maximum absolute atomic E-state index is 14.7. The second-order valence-corrected chi connectivity index (χ2v) is 9.33. The highest BCUT2D eigenvalue weighted by Gasteiger charge is 2.40. The van der Waals surface area contributed by atoms with E-state index < -0.39 is 35.6 Å². The zero-order chi connectivity index (χ0) is 25.9. The number of amides is 1. The van der Waals surface area contributed by atoms with Gasteiger partial charge in [-0.25, -0.2) is 22.5 Å². The molecule has 1 fully saturated rings. The predicted octanol–water partition coefficient (Wildman–Crippen LogP) is 2.89. The predicted molar refractivity (Wildman–Crippen MR) is 128 cm³/mol. The van der Waals surface area contributed by atoms with Crippen molar-refractivity contribution in [3.05, 3.63) is 47.4 Å². The molecule has 35 heavy (non-hydrogen) atoms. The fourth-order valence-corrected chi connectivity index (χ4v) is 4.76. The van der Waals surface area contributed by atoms with Crippen molar-refractivity contribution in [2.75, 3.05) is 40.0 Å². The van der Waals surface area contributed by atoms with Crippen LogP contribution in [0.2, 0.25) is 0 Å². The fraction of sp³-hybridized carbons (Fsp3) is 0.409. The number of thiazole rings is 1. The summed E-state index contributed by atoms with van der Waals surface area (Å²) in [4.78, 5) is 24.1. The van der Waals surface area contributed by atoms with Gasteiger partial charge in [0, 0.05) is 32.3 Å². The van der Waals surface area contributed by atoms with Crippen molar-refractivity contribution >= 4 is 28.1 Å². The lowest BCUT2D eigenvalue weighted by molar-refractivity contribution is -0.0301. The number of nitrogens with two attached hydrogens (primary N) is 2. The third kappa shape index (κ3) is 5.90. The number of hydrogen-bond acceptors (Lipinski definition) is 7. The molecule has 1 amide bonds. The smallest absolute Gasteiger partial charge is 0.277 e. The molecule has 0 spiro atoms. The standard InChI is InChI=1S/C22H27F4N7OS/c1-29-19(33-8-7-12(32(2)3)9-22(25,26)11-33)15(10-27)30-20(34)17-18(28)35-21(31-17)16-13(23)5-4-6-14(16)24/h4-6,10,12H,7-9,11,27-28H2,1-3H3,(H,30,34). The van der Waals surface area contributed by atoms with E-state index in [1.165, 1.54) is 18.0 Å². The number of aromatic nitrogens is 1. The van der Waals surface area contributed by atoms with Gasteiger partial charge in [-0.1, -0.05) is 17.4 Å². The van der Waals surface area contributed by atoms with Gasteiger partial charge in [0.2, 0.25) is 0 Å². The van der Waals surface area contributed by atoms with Gasteiger partial charge >= 0.3 is 0 Å². The number of nitrogens with zero attached hydrogens (tertiary/aromatic N) is 4. The molecule has 8 nitrogen and oxygen atoms in total. The molecule has 0 bridgehead atoms. The summed E-state index contributed by atoms with van der Waals surface area (Å²) in [6.07, 6.45) is 1.17. The van der Waals surface area contributed by atoms with Crippen LogP contribution in [0.5, 0.6) is 0 Å². The van der Waals surface area contributed by atoms with Crippen molar-refractivity contribution in [3.8, 4) is 10.6 Å². The molecule has 1 atom stereocenters. The third-order valence-electron chi connectivity index (χ3n) is 5.63. The minimum absolute atomic E-state index is 0.0253. The molecule has 1 unspecified atom stereocenters. The number of nitrogens with one attached hydrogen (secondary N) is 1. The van der Waals surface area contributed by atoms with Gasteiger partial charge in [0.05, 0.1) is 17.8 Å². The summed E-state index contributed by atoms with van der Waals surface area (Å²) < 4.78 is 57.6. The molecule has 1 aromatic carbocycles. The normalized spacial score (nSPS) is 19.1. The molecule has 0 saturated carbocycles. The maximum atomic E-state index is 14.7. The summed E-state index contributed by atoms with van der Waals surface area (Å²) in [5.41, 5.74) is 10.9. The Hall–Kier alpha value is -3.19. The van der Waals surface area contributed by atoms with Gasteiger partial charge in [0.1, 0.15) is 27.5 Å². The van der Waals surface area contributed by atoms with Crippen LogP contribution in [0, 0.1) is 11.6 Å². The van der Waals surface area contributed by atoms with E-state index in [0.717, 1.165) is 29.7 Å². The average Bonchev–Trinajstić information content (AvgIpc) is 3.07. The number of aliphatic imine (C=N–C) groups is 1. The first-order valence-electron chi connectivity index (χ1n) is 10.7. The SMILES string of the molecule is CN=C(C(=CN)NC(=O)c1nc(-c2c(F)cccc2F)sc1N)N1CCC(N(C)C)CC(F)(F)C1. The van der Waals surface area contributed by atoms with Gasteiger partial charge in [-0.2, -0.15) is 0 Å². The van der Waals surface area contributed by atoms with Crippen molar-refractivity contribution in [3.63, 3.8) is 0 Å². The van der Waals surface area contributed by atoms with Crippen LogP contribution in [-0.2, 0) is 0 Å². The molecule has 1 aliphatic rings. The molecule has 1 saturated heterocycles. The van der Waals surface area contributed by atoms with Crippen molar-refractivity contribution in [2.45, 2.75) is 24.8 Å². The highest BCUT2D eigenvalue weighted by molar-refractivity contribution is 7.19. The average molecular weight is 514 g/mol. The molecule has 5 N–H and O–H groups in total. The Bertz CT molecular complexity index is 1130. The Morgan fingerprint density at radius 2 is 2.00 bits per heavy atom. The molecular formula is C22H27F4N7OS. The molecule has 0 aliphatic carbocycles. The number of benzene rings is 1. The van der Waals surface area contributed by atoms with Crippen LogP contribution in [0.25, 0.3) is 10.6 Å². The van der Waals surface area contributed by atoms with Crippen LogP contribution in [0.15, 0.2) is 35.1 Å². The number of hydrogen-bond donors (Lipinski definition) is 3. The van der Waals surface area contributed by atoms with Crippen LogP contribution in [0.3, 0.4) is 0 Å². The quantitative estimate of drug-likeness (QED) is 0.322. The number of carbonyl (C=O) groups is 1. The van der Waals surface area contributed by atoms with Gasteiger partial charge in [0.25, 0.3) is 11.8 Å². The molecular weight excluding hydrogens is 486 g/mol. The second-order valence-electron chi connectivity index (χ2n) is 8.30. The minimum Gasteiger partial charge on any atom is -0.403 e. The summed E-state index contributed by atoms with van der Waals surface area (Å²) in [6.45, 7) is -0.347. The number of amidine groups is 1. The number of carbonyl (C=O) groups excluding carboxylic acids is 1. The van der Waals surface area contributed by atoms with Crippen LogP contribution >= 0.6 is 11.3 Å². The third-order valence-corrected chi connectivity index (χ3v) is 6.53. The van der Waals surface area contributed by atoms with Crippen molar-refractivity contribution in [1.29, 1.82) is 0 Å². The number of likely N-dealkylation sites (tertiary alicyclic amines) is 1. The number of halogens is 4. The van der Waals surface area contributed by atoms with E-state index in [9.17, 15) is 22.4 Å². The van der Waals surface area contributed by atoms with Gasteiger partial charge in [-0.05, 0) is 32.6 Å². The Morgan fingerprint density at radius 1 is 1.34 bits per heavy atom. The van der Waals surface area contributed by atoms with Gasteiger partial charge < -0.3 is 26.6 Å². The Balaban J connectivity index is 1.84. The zero-order valence-electron chi connectivity index (χ0n) is 19.5. The van der Waals surface area contributed by atoms with E-state index >= 15 is 0 Å². The summed E-state index contributed by atoms with van der Waals surface area (Å²) in [6, 6.07) is 3.00. The van der Waals surface area contributed by atoms with E-state index in [1.807, 2.05) is 0 Å². The Labute approximate surface area is 204 Å². The van der Waals surface area contributed by atoms with E-state index in [4.69, 9.17) is 11.5 Å². The van der Waals surface area contributed by atoms with Crippen LogP contribution < -0.4 is 16.8 Å². The lowest BCUT2D eigenvalue weighted by Crippen LogP contribution is -2.44. The van der Waals surface area contributed by atoms with E-state index in [2.05, 4.69) is 15.3 Å². The monoisotopic (exact) mass is 513 g/mol. The summed E-state index contributed by atoms with van der Waals surface area (Å²) in [5.74, 6) is -5.47. The minimum atomic E-state index is -3.00. The molecule has 0 radical (unpaired) electrons. The Kier molecular flexibility index (Phi) is 8.00. The van der Waals surface area contributed by atoms with Crippen molar-refractivity contribution < 1.29 is 22.4 Å². The van der Waals surface area contributed by atoms with Gasteiger partial charge in [0.15, 0.2) is 5.69 Å². The molecule has 3 rings (SSSR count). The lowest BCUT2D eigenvalue weighted by Gasteiger charge is -2.28. The molecule has 2 heterocycles. The number of alkyl halides is 2. The zero-order valence-corrected chi connectivity index (χ0v) is 20.3. The molecule has 13 heteroatoms. The van der Waals surface area contributed by atoms with E-state index in [1.54, 1.807) is 19.0 Å². The number of anilines is 1. The fourth-order valence-electron chi connectivity index (χ4n) is 3.89.